The molecule has 0 aliphatic heterocycles. The monoisotopic (exact) mass is 418 g/mol. The molecule has 1 aliphatic rings. The van der Waals surface area contributed by atoms with Gasteiger partial charge in [-0.05, 0) is 31.7 Å². The smallest absolute Gasteiger partial charge is 0.407 e. The van der Waals surface area contributed by atoms with Crippen molar-refractivity contribution in [3.63, 3.8) is 0 Å². The minimum absolute atomic E-state index is 0.0770. The zero-order valence-corrected chi connectivity index (χ0v) is 16.4. The fourth-order valence-corrected chi connectivity index (χ4v) is 3.92. The number of aromatic nitrogens is 4. The first kappa shape index (κ1) is 19.4. The average Bonchev–Trinajstić information content (AvgIpc) is 3.12. The molecule has 1 saturated carbocycles. The topological polar surface area (TPSA) is 107 Å². The van der Waals surface area contributed by atoms with Crippen molar-refractivity contribution >= 4 is 34.5 Å². The molecule has 8 nitrogen and oxygen atoms in total. The number of aromatic amines is 1. The van der Waals surface area contributed by atoms with Gasteiger partial charge < -0.3 is 20.3 Å². The van der Waals surface area contributed by atoms with Crippen LogP contribution in [0, 0.1) is 5.82 Å². The van der Waals surface area contributed by atoms with E-state index in [1.54, 1.807) is 19.3 Å². The van der Waals surface area contributed by atoms with Gasteiger partial charge in [0, 0.05) is 42.5 Å². The van der Waals surface area contributed by atoms with Crippen LogP contribution in [0.15, 0.2) is 24.7 Å². The van der Waals surface area contributed by atoms with Gasteiger partial charge >= 0.3 is 6.09 Å². The van der Waals surface area contributed by atoms with Crippen molar-refractivity contribution in [2.45, 2.75) is 37.8 Å². The normalized spacial score (nSPS) is 19.3. The maximum absolute atomic E-state index is 14.4. The number of nitrogens with zero attached hydrogens (tertiary/aromatic N) is 4. The van der Waals surface area contributed by atoms with Crippen LogP contribution in [0.5, 0.6) is 0 Å². The first-order valence-electron chi connectivity index (χ1n) is 9.30. The van der Waals surface area contributed by atoms with E-state index in [1.165, 1.54) is 11.1 Å². The fraction of sp³-hybridized carbons (Fsp3) is 0.368. The standard InChI is InChI=1S/C19H20ClFN6O2/c1-27(19(28)29)12-4-2-3-11(6-12)25-18-15(21)9-24-17(26-18)14-8-23-16-13(14)5-10(20)7-22-16/h5,7-9,11-12H,2-4,6H2,1H3,(H,22,23)(H,28,29)(H,24,25,26). The van der Waals surface area contributed by atoms with Gasteiger partial charge in [-0.1, -0.05) is 11.6 Å². The fourth-order valence-electron chi connectivity index (χ4n) is 3.76. The third kappa shape index (κ3) is 3.95. The first-order chi connectivity index (χ1) is 13.9. The largest absolute Gasteiger partial charge is 0.465 e. The van der Waals surface area contributed by atoms with Gasteiger partial charge in [-0.15, -0.1) is 0 Å². The van der Waals surface area contributed by atoms with E-state index in [4.69, 9.17) is 11.6 Å². The Morgan fingerprint density at radius 3 is 3.00 bits per heavy atom. The number of halogens is 2. The lowest BCUT2D eigenvalue weighted by molar-refractivity contribution is 0.124. The summed E-state index contributed by atoms with van der Waals surface area (Å²) in [6, 6.07) is 1.57. The van der Waals surface area contributed by atoms with Gasteiger partial charge in [-0.3, -0.25) is 0 Å². The molecule has 1 amide bonds. The molecule has 0 radical (unpaired) electrons. The Hall–Kier alpha value is -2.94. The summed E-state index contributed by atoms with van der Waals surface area (Å²) in [4.78, 5) is 28.3. The SMILES string of the molecule is CN(C(=O)O)C1CCCC(Nc2nc(-c3c[nH]c4ncc(Cl)cc34)ncc2F)C1. The quantitative estimate of drug-likeness (QED) is 0.587. The zero-order valence-electron chi connectivity index (χ0n) is 15.7. The van der Waals surface area contributed by atoms with Gasteiger partial charge in [0.25, 0.3) is 0 Å². The number of anilines is 1. The first-order valence-corrected chi connectivity index (χ1v) is 9.68. The van der Waals surface area contributed by atoms with E-state index < -0.39 is 11.9 Å². The van der Waals surface area contributed by atoms with Crippen LogP contribution in [0.25, 0.3) is 22.4 Å². The predicted molar refractivity (Wildman–Crippen MR) is 108 cm³/mol. The summed E-state index contributed by atoms with van der Waals surface area (Å²) in [6.45, 7) is 0. The molecule has 10 heteroatoms. The molecule has 3 N–H and O–H groups in total. The van der Waals surface area contributed by atoms with E-state index in [9.17, 15) is 14.3 Å². The summed E-state index contributed by atoms with van der Waals surface area (Å²) in [7, 11) is 1.56. The molecule has 0 saturated heterocycles. The second kappa shape index (κ2) is 7.82. The van der Waals surface area contributed by atoms with Crippen molar-refractivity contribution in [1.82, 2.24) is 24.8 Å². The van der Waals surface area contributed by atoms with Crippen molar-refractivity contribution < 1.29 is 14.3 Å². The maximum atomic E-state index is 14.4. The lowest BCUT2D eigenvalue weighted by Gasteiger charge is -2.34. The molecule has 0 bridgehead atoms. The number of carbonyl (C=O) groups is 1. The molecular weight excluding hydrogens is 399 g/mol. The summed E-state index contributed by atoms with van der Waals surface area (Å²) >= 11 is 6.05. The highest BCUT2D eigenvalue weighted by Gasteiger charge is 2.28. The van der Waals surface area contributed by atoms with Crippen LogP contribution in [-0.2, 0) is 0 Å². The van der Waals surface area contributed by atoms with Crippen LogP contribution in [0.1, 0.15) is 25.7 Å². The van der Waals surface area contributed by atoms with E-state index in [-0.39, 0.29) is 17.9 Å². The molecule has 0 spiro atoms. The van der Waals surface area contributed by atoms with Crippen molar-refractivity contribution in [2.75, 3.05) is 12.4 Å². The van der Waals surface area contributed by atoms with Crippen molar-refractivity contribution in [3.8, 4) is 11.4 Å². The molecule has 4 rings (SSSR count). The summed E-state index contributed by atoms with van der Waals surface area (Å²) in [6.07, 6.45) is 6.47. The molecule has 1 fully saturated rings. The Balaban J connectivity index is 1.59. The van der Waals surface area contributed by atoms with Gasteiger partial charge in [-0.25, -0.2) is 24.1 Å². The Kier molecular flexibility index (Phi) is 5.23. The van der Waals surface area contributed by atoms with Gasteiger partial charge in [0.1, 0.15) is 5.65 Å². The number of amides is 1. The Morgan fingerprint density at radius 1 is 1.38 bits per heavy atom. The van der Waals surface area contributed by atoms with Gasteiger partial charge in [0.05, 0.1) is 11.2 Å². The minimum Gasteiger partial charge on any atom is -0.465 e. The number of H-pyrrole nitrogens is 1. The Bertz CT molecular complexity index is 1060. The summed E-state index contributed by atoms with van der Waals surface area (Å²) in [5, 5.41) is 13.6. The zero-order chi connectivity index (χ0) is 20.5. The molecule has 0 aromatic carbocycles. The Labute approximate surface area is 171 Å². The third-order valence-corrected chi connectivity index (χ3v) is 5.53. The third-order valence-electron chi connectivity index (χ3n) is 5.32. The molecule has 152 valence electrons. The lowest BCUT2D eigenvalue weighted by Crippen LogP contribution is -2.42. The van der Waals surface area contributed by atoms with Crippen molar-refractivity contribution in [3.05, 3.63) is 35.5 Å². The molecule has 2 unspecified atom stereocenters. The number of fused-ring (bicyclic) bond motifs is 1. The number of hydrogen-bond donors (Lipinski definition) is 3. The van der Waals surface area contributed by atoms with E-state index in [2.05, 4.69) is 25.3 Å². The predicted octanol–water partition coefficient (Wildman–Crippen LogP) is 4.15. The molecular formula is C19H20ClFN6O2. The van der Waals surface area contributed by atoms with Crippen molar-refractivity contribution in [1.29, 1.82) is 0 Å². The molecule has 1 aliphatic carbocycles. The molecule has 3 heterocycles. The van der Waals surface area contributed by atoms with Crippen LogP contribution in [0.2, 0.25) is 5.02 Å². The van der Waals surface area contributed by atoms with Crippen LogP contribution in [0.3, 0.4) is 0 Å². The Morgan fingerprint density at radius 2 is 2.21 bits per heavy atom. The van der Waals surface area contributed by atoms with Crippen LogP contribution >= 0.6 is 11.6 Å². The highest BCUT2D eigenvalue weighted by atomic mass is 35.5. The highest BCUT2D eigenvalue weighted by molar-refractivity contribution is 6.31. The number of carboxylic acid groups (broad SMARTS) is 1. The molecule has 3 aromatic rings. The van der Waals surface area contributed by atoms with Crippen LogP contribution < -0.4 is 5.32 Å². The summed E-state index contributed by atoms with van der Waals surface area (Å²) in [5.41, 5.74) is 1.31. The van der Waals surface area contributed by atoms with Gasteiger partial charge in [0.2, 0.25) is 0 Å². The number of hydrogen-bond acceptors (Lipinski definition) is 5. The van der Waals surface area contributed by atoms with Gasteiger partial charge in [0.15, 0.2) is 17.5 Å². The highest BCUT2D eigenvalue weighted by Crippen LogP contribution is 2.29. The van der Waals surface area contributed by atoms with Gasteiger partial charge in [-0.2, -0.15) is 0 Å². The van der Waals surface area contributed by atoms with Crippen molar-refractivity contribution in [2.24, 2.45) is 0 Å². The second-order valence-electron chi connectivity index (χ2n) is 7.20. The molecule has 3 aromatic heterocycles. The lowest BCUT2D eigenvalue weighted by atomic mass is 9.90. The van der Waals surface area contributed by atoms with Crippen LogP contribution in [0.4, 0.5) is 15.0 Å². The summed E-state index contributed by atoms with van der Waals surface area (Å²) < 4.78 is 14.4. The maximum Gasteiger partial charge on any atom is 0.407 e. The summed E-state index contributed by atoms with van der Waals surface area (Å²) in [5.74, 6) is -0.111. The number of rotatable bonds is 4. The van der Waals surface area contributed by atoms with E-state index in [0.717, 1.165) is 30.8 Å². The van der Waals surface area contributed by atoms with E-state index >= 15 is 0 Å². The average molecular weight is 419 g/mol. The number of pyridine rings is 1. The number of nitrogens with one attached hydrogen (secondary N) is 2. The molecule has 29 heavy (non-hydrogen) atoms. The second-order valence-corrected chi connectivity index (χ2v) is 7.63. The van der Waals surface area contributed by atoms with E-state index in [1.807, 2.05) is 0 Å². The van der Waals surface area contributed by atoms with Crippen LogP contribution in [-0.4, -0.2) is 55.2 Å². The minimum atomic E-state index is -0.960. The molecule has 2 atom stereocenters. The van der Waals surface area contributed by atoms with E-state index in [0.29, 0.717) is 28.5 Å².